The van der Waals surface area contributed by atoms with Gasteiger partial charge in [0.2, 0.25) is 0 Å². The molecule has 2 unspecified atom stereocenters. The topological polar surface area (TPSA) is 105 Å². The van der Waals surface area contributed by atoms with E-state index < -0.39 is 23.2 Å². The molecule has 0 radical (unpaired) electrons. The van der Waals surface area contributed by atoms with Crippen LogP contribution in [0.15, 0.2) is 0 Å². The Morgan fingerprint density at radius 2 is 1.79 bits per heavy atom. The second kappa shape index (κ2) is 9.67. The molecule has 2 N–H and O–H groups in total. The Labute approximate surface area is 173 Å². The number of piperidine rings is 1. The molecule has 0 bridgehead atoms. The van der Waals surface area contributed by atoms with Crippen molar-refractivity contribution in [2.45, 2.75) is 96.3 Å². The molecule has 1 heterocycles. The quantitative estimate of drug-likeness (QED) is 0.709. The van der Waals surface area contributed by atoms with Crippen molar-refractivity contribution in [1.29, 1.82) is 0 Å². The number of amides is 2. The molecule has 1 aliphatic carbocycles. The third kappa shape index (κ3) is 6.24. The smallest absolute Gasteiger partial charge is 0.410 e. The summed E-state index contributed by atoms with van der Waals surface area (Å²) < 4.78 is 10.9. The van der Waals surface area contributed by atoms with Crippen molar-refractivity contribution in [2.24, 2.45) is 5.92 Å². The van der Waals surface area contributed by atoms with E-state index in [0.29, 0.717) is 32.4 Å². The van der Waals surface area contributed by atoms with Crippen LogP contribution in [-0.4, -0.2) is 58.5 Å². The maximum atomic E-state index is 12.5. The average molecular weight is 413 g/mol. The maximum Gasteiger partial charge on any atom is 0.410 e. The molecule has 1 saturated carbocycles. The van der Waals surface area contributed by atoms with E-state index in [1.165, 1.54) is 0 Å². The molecule has 1 saturated heterocycles. The van der Waals surface area contributed by atoms with E-state index in [0.717, 1.165) is 32.1 Å². The summed E-state index contributed by atoms with van der Waals surface area (Å²) in [5.41, 5.74) is -1.80. The molecule has 2 atom stereocenters. The highest BCUT2D eigenvalue weighted by Crippen LogP contribution is 2.37. The van der Waals surface area contributed by atoms with E-state index in [-0.39, 0.29) is 18.1 Å². The summed E-state index contributed by atoms with van der Waals surface area (Å²) in [6.45, 7) is 8.37. The van der Waals surface area contributed by atoms with Crippen molar-refractivity contribution in [2.75, 3.05) is 13.1 Å². The third-order valence-corrected chi connectivity index (χ3v) is 5.78. The molecule has 0 spiro atoms. The number of nitrogens with one attached hydrogen (secondary N) is 1. The number of ether oxygens (including phenoxy) is 2. The van der Waals surface area contributed by atoms with Gasteiger partial charge in [0, 0.05) is 25.9 Å². The number of nitrogens with zero attached hydrogens (tertiary/aromatic N) is 1. The highest BCUT2D eigenvalue weighted by atomic mass is 16.6. The summed E-state index contributed by atoms with van der Waals surface area (Å²) in [6, 6.07) is 0. The first-order valence-corrected chi connectivity index (χ1v) is 10.8. The van der Waals surface area contributed by atoms with E-state index in [4.69, 9.17) is 9.47 Å². The van der Waals surface area contributed by atoms with Gasteiger partial charge < -0.3 is 24.8 Å². The molecule has 0 aromatic carbocycles. The fourth-order valence-electron chi connectivity index (χ4n) is 4.33. The molecule has 0 aromatic heterocycles. The number of aliphatic carboxylic acids is 1. The highest BCUT2D eigenvalue weighted by molar-refractivity contribution is 5.85. The van der Waals surface area contributed by atoms with Crippen LogP contribution in [0.4, 0.5) is 9.59 Å². The second-order valence-electron chi connectivity index (χ2n) is 9.20. The monoisotopic (exact) mass is 412 g/mol. The van der Waals surface area contributed by atoms with E-state index in [1.807, 2.05) is 27.7 Å². The minimum atomic E-state index is -1.25. The molecule has 1 aliphatic heterocycles. The zero-order valence-corrected chi connectivity index (χ0v) is 18.2. The second-order valence-corrected chi connectivity index (χ2v) is 9.20. The van der Waals surface area contributed by atoms with Gasteiger partial charge in [0.15, 0.2) is 0 Å². The van der Waals surface area contributed by atoms with Crippen molar-refractivity contribution in [3.63, 3.8) is 0 Å². The first-order valence-electron chi connectivity index (χ1n) is 10.8. The lowest BCUT2D eigenvalue weighted by atomic mass is 9.71. The zero-order valence-electron chi connectivity index (χ0n) is 18.2. The number of carbonyl (C=O) groups excluding carboxylic acids is 2. The van der Waals surface area contributed by atoms with Crippen LogP contribution < -0.4 is 5.32 Å². The highest BCUT2D eigenvalue weighted by Gasteiger charge is 2.48. The van der Waals surface area contributed by atoms with Crippen LogP contribution in [0.3, 0.4) is 0 Å². The number of likely N-dealkylation sites (tertiary alicyclic amines) is 1. The van der Waals surface area contributed by atoms with Crippen LogP contribution in [0.1, 0.15) is 79.1 Å². The molecular weight excluding hydrogens is 376 g/mol. The van der Waals surface area contributed by atoms with Crippen LogP contribution in [0.5, 0.6) is 0 Å². The number of carbonyl (C=O) groups is 3. The van der Waals surface area contributed by atoms with Gasteiger partial charge in [-0.1, -0.05) is 26.2 Å². The number of hydrogen-bond donors (Lipinski definition) is 2. The van der Waals surface area contributed by atoms with E-state index in [1.54, 1.807) is 4.90 Å². The zero-order chi connectivity index (χ0) is 21.7. The van der Waals surface area contributed by atoms with Crippen LogP contribution in [0.25, 0.3) is 0 Å². The molecule has 2 rings (SSSR count). The molecule has 0 aromatic rings. The predicted octanol–water partition coefficient (Wildman–Crippen LogP) is 3.93. The van der Waals surface area contributed by atoms with Crippen LogP contribution in [-0.2, 0) is 14.3 Å². The molecular formula is C21H36N2O6. The third-order valence-electron chi connectivity index (χ3n) is 5.78. The average Bonchev–Trinajstić information content (AvgIpc) is 2.62. The van der Waals surface area contributed by atoms with Crippen molar-refractivity contribution >= 4 is 18.2 Å². The SMILES string of the molecule is CCCC1CCCCC1(NC(=O)OC1CCN(C(=O)OC(C)(C)C)CC1)C(=O)O. The van der Waals surface area contributed by atoms with Crippen molar-refractivity contribution in [3.05, 3.63) is 0 Å². The minimum absolute atomic E-state index is 0.0830. The fourth-order valence-corrected chi connectivity index (χ4v) is 4.33. The molecule has 2 fully saturated rings. The Balaban J connectivity index is 1.90. The molecule has 29 heavy (non-hydrogen) atoms. The van der Waals surface area contributed by atoms with Gasteiger partial charge in [-0.2, -0.15) is 0 Å². The van der Waals surface area contributed by atoms with Gasteiger partial charge in [-0.3, -0.25) is 0 Å². The number of carboxylic acid groups (broad SMARTS) is 1. The van der Waals surface area contributed by atoms with E-state index in [2.05, 4.69) is 5.32 Å². The van der Waals surface area contributed by atoms with E-state index >= 15 is 0 Å². The maximum absolute atomic E-state index is 12.5. The summed E-state index contributed by atoms with van der Waals surface area (Å²) in [6.07, 6.45) is 4.26. The van der Waals surface area contributed by atoms with Crippen molar-refractivity contribution < 1.29 is 29.0 Å². The van der Waals surface area contributed by atoms with Crippen LogP contribution in [0, 0.1) is 5.92 Å². The largest absolute Gasteiger partial charge is 0.479 e. The molecule has 166 valence electrons. The minimum Gasteiger partial charge on any atom is -0.479 e. The van der Waals surface area contributed by atoms with Gasteiger partial charge in [-0.05, 0) is 46.0 Å². The number of rotatable bonds is 5. The van der Waals surface area contributed by atoms with Crippen LogP contribution in [0.2, 0.25) is 0 Å². The first kappa shape index (κ1) is 23.3. The van der Waals surface area contributed by atoms with Gasteiger partial charge in [0.05, 0.1) is 0 Å². The van der Waals surface area contributed by atoms with Crippen LogP contribution >= 0.6 is 0 Å². The summed E-state index contributed by atoms with van der Waals surface area (Å²) in [7, 11) is 0. The summed E-state index contributed by atoms with van der Waals surface area (Å²) in [5, 5.41) is 12.6. The molecule has 2 amide bonds. The Bertz CT molecular complexity index is 592. The van der Waals surface area contributed by atoms with Gasteiger partial charge >= 0.3 is 18.2 Å². The van der Waals surface area contributed by atoms with Crippen molar-refractivity contribution in [1.82, 2.24) is 10.2 Å². The lowest BCUT2D eigenvalue weighted by Gasteiger charge is -2.41. The Morgan fingerprint density at radius 1 is 1.14 bits per heavy atom. The fraction of sp³-hybridized carbons (Fsp3) is 0.857. The lowest BCUT2D eigenvalue weighted by molar-refractivity contribution is -0.149. The number of alkyl carbamates (subject to hydrolysis) is 1. The number of hydrogen-bond acceptors (Lipinski definition) is 5. The van der Waals surface area contributed by atoms with Gasteiger partial charge in [-0.15, -0.1) is 0 Å². The summed E-state index contributed by atoms with van der Waals surface area (Å²) >= 11 is 0. The molecule has 8 heteroatoms. The van der Waals surface area contributed by atoms with Gasteiger partial charge in [0.1, 0.15) is 17.2 Å². The van der Waals surface area contributed by atoms with Gasteiger partial charge in [-0.25, -0.2) is 14.4 Å². The summed E-state index contributed by atoms with van der Waals surface area (Å²) in [4.78, 5) is 38.4. The Kier molecular flexibility index (Phi) is 7.77. The molecule has 2 aliphatic rings. The standard InChI is InChI=1S/C21H36N2O6/c1-5-8-15-9-6-7-12-21(15,17(24)25)22-18(26)28-16-10-13-23(14-11-16)19(27)29-20(2,3)4/h15-16H,5-14H2,1-4H3,(H,22,26)(H,24,25). The Morgan fingerprint density at radius 3 is 2.34 bits per heavy atom. The molecule has 8 nitrogen and oxygen atoms in total. The summed E-state index contributed by atoms with van der Waals surface area (Å²) in [5.74, 6) is -1.06. The lowest BCUT2D eigenvalue weighted by Crippen LogP contribution is -2.61. The van der Waals surface area contributed by atoms with E-state index in [9.17, 15) is 19.5 Å². The van der Waals surface area contributed by atoms with Gasteiger partial charge in [0.25, 0.3) is 0 Å². The normalized spacial score (nSPS) is 25.9. The predicted molar refractivity (Wildman–Crippen MR) is 108 cm³/mol. The first-order chi connectivity index (χ1) is 13.6. The number of carboxylic acids is 1. The Hall–Kier alpha value is -1.99. The van der Waals surface area contributed by atoms with Crippen molar-refractivity contribution in [3.8, 4) is 0 Å².